The molecule has 3 rings (SSSR count). The van der Waals surface area contributed by atoms with Crippen LogP contribution in [0.25, 0.3) is 0 Å². The van der Waals surface area contributed by atoms with Crippen LogP contribution in [0.2, 0.25) is 0 Å². The maximum absolute atomic E-state index is 12.9. The maximum atomic E-state index is 12.9. The minimum atomic E-state index is -2.84. The summed E-state index contributed by atoms with van der Waals surface area (Å²) in [5.74, 6) is -0.0797. The molecule has 1 saturated carbocycles. The van der Waals surface area contributed by atoms with Crippen LogP contribution in [0.15, 0.2) is 48.5 Å². The van der Waals surface area contributed by atoms with Crippen molar-refractivity contribution in [3.63, 3.8) is 0 Å². The lowest BCUT2D eigenvalue weighted by atomic mass is 10.1. The first-order chi connectivity index (χ1) is 12.0. The normalized spacial score (nSPS) is 18.9. The van der Waals surface area contributed by atoms with Gasteiger partial charge in [0.2, 0.25) is 5.91 Å². The van der Waals surface area contributed by atoms with Gasteiger partial charge in [-0.25, -0.2) is 4.39 Å². The third kappa shape index (κ3) is 4.75. The zero-order valence-corrected chi connectivity index (χ0v) is 13.4. The molecule has 6 heteroatoms. The van der Waals surface area contributed by atoms with E-state index in [1.54, 1.807) is 24.3 Å². The predicted molar refractivity (Wildman–Crippen MR) is 87.0 cm³/mol. The van der Waals surface area contributed by atoms with Crippen LogP contribution in [-0.4, -0.2) is 19.1 Å². The fourth-order valence-electron chi connectivity index (χ4n) is 2.86. The summed E-state index contributed by atoms with van der Waals surface area (Å²) in [7, 11) is 0. The number of ether oxygens (including phenoxy) is 1. The summed E-state index contributed by atoms with van der Waals surface area (Å²) in [6.45, 7) is -2.36. The largest absolute Gasteiger partial charge is 0.435 e. The van der Waals surface area contributed by atoms with Crippen molar-refractivity contribution in [1.29, 1.82) is 0 Å². The standard InChI is InChI=1S/C19H18F3NO2/c20-14-5-3-13(4-6-14)16-11-17(16)18(24)23-10-9-12-1-7-15(8-2-12)25-19(21)22/h1-8,16-17,19H,9-11H2,(H,23,24). The van der Waals surface area contributed by atoms with Crippen LogP contribution in [0.5, 0.6) is 5.75 Å². The molecular weight excluding hydrogens is 331 g/mol. The van der Waals surface area contributed by atoms with Crippen molar-refractivity contribution < 1.29 is 22.7 Å². The van der Waals surface area contributed by atoms with Crippen LogP contribution in [0.4, 0.5) is 13.2 Å². The van der Waals surface area contributed by atoms with Crippen LogP contribution in [-0.2, 0) is 11.2 Å². The number of hydrogen-bond donors (Lipinski definition) is 1. The van der Waals surface area contributed by atoms with Gasteiger partial charge in [-0.3, -0.25) is 4.79 Å². The summed E-state index contributed by atoms with van der Waals surface area (Å²) in [5, 5.41) is 2.89. The van der Waals surface area contributed by atoms with Gasteiger partial charge in [-0.15, -0.1) is 0 Å². The molecule has 1 N–H and O–H groups in total. The first-order valence-corrected chi connectivity index (χ1v) is 8.10. The van der Waals surface area contributed by atoms with Crippen molar-refractivity contribution >= 4 is 5.91 Å². The van der Waals surface area contributed by atoms with Crippen molar-refractivity contribution in [3.8, 4) is 5.75 Å². The zero-order valence-electron chi connectivity index (χ0n) is 13.4. The highest BCUT2D eigenvalue weighted by Crippen LogP contribution is 2.47. The highest BCUT2D eigenvalue weighted by atomic mass is 19.3. The number of hydrogen-bond acceptors (Lipinski definition) is 2. The minimum Gasteiger partial charge on any atom is -0.435 e. The predicted octanol–water partition coefficient (Wildman–Crippen LogP) is 3.89. The van der Waals surface area contributed by atoms with E-state index in [0.717, 1.165) is 17.5 Å². The molecule has 2 aromatic carbocycles. The van der Waals surface area contributed by atoms with Crippen LogP contribution >= 0.6 is 0 Å². The Kier molecular flexibility index (Phi) is 5.26. The van der Waals surface area contributed by atoms with Crippen molar-refractivity contribution in [3.05, 3.63) is 65.5 Å². The number of alkyl halides is 2. The molecule has 1 fully saturated rings. The highest BCUT2D eigenvalue weighted by molar-refractivity contribution is 5.82. The number of amides is 1. The lowest BCUT2D eigenvalue weighted by Crippen LogP contribution is -2.27. The Labute approximate surface area is 143 Å². The number of benzene rings is 2. The van der Waals surface area contributed by atoms with E-state index < -0.39 is 6.61 Å². The molecule has 1 aliphatic carbocycles. The van der Waals surface area contributed by atoms with Gasteiger partial charge in [-0.1, -0.05) is 24.3 Å². The summed E-state index contributed by atoms with van der Waals surface area (Å²) in [6.07, 6.45) is 1.38. The molecule has 132 valence electrons. The molecule has 0 heterocycles. The lowest BCUT2D eigenvalue weighted by Gasteiger charge is -2.07. The monoisotopic (exact) mass is 349 g/mol. The Balaban J connectivity index is 1.42. The van der Waals surface area contributed by atoms with E-state index >= 15 is 0 Å². The maximum Gasteiger partial charge on any atom is 0.387 e. The number of carbonyl (C=O) groups excluding carboxylic acids is 1. The number of nitrogens with one attached hydrogen (secondary N) is 1. The summed E-state index contributed by atoms with van der Waals surface area (Å²) >= 11 is 0. The molecule has 0 aromatic heterocycles. The lowest BCUT2D eigenvalue weighted by molar-refractivity contribution is -0.122. The minimum absolute atomic E-state index is 0.00743. The van der Waals surface area contributed by atoms with Gasteiger partial charge in [0.05, 0.1) is 0 Å². The summed E-state index contributed by atoms with van der Waals surface area (Å²) < 4.78 is 41.4. The van der Waals surface area contributed by atoms with E-state index in [1.807, 2.05) is 0 Å². The fourth-order valence-corrected chi connectivity index (χ4v) is 2.86. The molecule has 0 saturated heterocycles. The average molecular weight is 349 g/mol. The number of halogens is 3. The second-order valence-electron chi connectivity index (χ2n) is 6.06. The zero-order chi connectivity index (χ0) is 17.8. The molecule has 0 aliphatic heterocycles. The molecular formula is C19H18F3NO2. The number of carbonyl (C=O) groups is 1. The highest BCUT2D eigenvalue weighted by Gasteiger charge is 2.43. The third-order valence-electron chi connectivity index (χ3n) is 4.29. The summed E-state index contributed by atoms with van der Waals surface area (Å²) in [4.78, 5) is 12.1. The molecule has 0 bridgehead atoms. The molecule has 25 heavy (non-hydrogen) atoms. The second-order valence-corrected chi connectivity index (χ2v) is 6.06. The van der Waals surface area contributed by atoms with Gasteiger partial charge in [0, 0.05) is 12.5 Å². The van der Waals surface area contributed by atoms with Crippen molar-refractivity contribution in [2.45, 2.75) is 25.4 Å². The third-order valence-corrected chi connectivity index (χ3v) is 4.29. The summed E-state index contributed by atoms with van der Waals surface area (Å²) in [6, 6.07) is 12.6. The molecule has 2 unspecified atom stereocenters. The van der Waals surface area contributed by atoms with Gasteiger partial charge in [0.1, 0.15) is 11.6 Å². The average Bonchev–Trinajstić information content (AvgIpc) is 3.37. The van der Waals surface area contributed by atoms with E-state index in [-0.39, 0.29) is 29.3 Å². The molecule has 1 aliphatic rings. The Morgan fingerprint density at radius 1 is 1.12 bits per heavy atom. The van der Waals surface area contributed by atoms with Crippen LogP contribution in [0.1, 0.15) is 23.5 Å². The van der Waals surface area contributed by atoms with Gasteiger partial charge in [-0.05, 0) is 54.2 Å². The number of rotatable bonds is 7. The molecule has 0 radical (unpaired) electrons. The van der Waals surface area contributed by atoms with E-state index in [0.29, 0.717) is 13.0 Å². The molecule has 2 aromatic rings. The first-order valence-electron chi connectivity index (χ1n) is 8.10. The van der Waals surface area contributed by atoms with Gasteiger partial charge in [0.15, 0.2) is 0 Å². The Hall–Kier alpha value is -2.50. The summed E-state index contributed by atoms with van der Waals surface area (Å²) in [5.41, 5.74) is 1.91. The molecule has 2 atom stereocenters. The van der Waals surface area contributed by atoms with Crippen LogP contribution < -0.4 is 10.1 Å². The van der Waals surface area contributed by atoms with E-state index in [1.165, 1.54) is 24.3 Å². The Bertz CT molecular complexity index is 716. The topological polar surface area (TPSA) is 38.3 Å². The van der Waals surface area contributed by atoms with Gasteiger partial charge >= 0.3 is 6.61 Å². The van der Waals surface area contributed by atoms with Crippen molar-refractivity contribution in [2.24, 2.45) is 5.92 Å². The van der Waals surface area contributed by atoms with Gasteiger partial charge in [0.25, 0.3) is 0 Å². The molecule has 3 nitrogen and oxygen atoms in total. The van der Waals surface area contributed by atoms with Crippen molar-refractivity contribution in [1.82, 2.24) is 5.32 Å². The molecule has 0 spiro atoms. The van der Waals surface area contributed by atoms with Crippen LogP contribution in [0, 0.1) is 11.7 Å². The Morgan fingerprint density at radius 3 is 2.44 bits per heavy atom. The van der Waals surface area contributed by atoms with Gasteiger partial charge in [-0.2, -0.15) is 8.78 Å². The van der Waals surface area contributed by atoms with Gasteiger partial charge < -0.3 is 10.1 Å². The Morgan fingerprint density at radius 2 is 1.80 bits per heavy atom. The van der Waals surface area contributed by atoms with E-state index in [4.69, 9.17) is 0 Å². The van der Waals surface area contributed by atoms with Crippen LogP contribution in [0.3, 0.4) is 0 Å². The quantitative estimate of drug-likeness (QED) is 0.824. The first kappa shape index (κ1) is 17.3. The van der Waals surface area contributed by atoms with E-state index in [9.17, 15) is 18.0 Å². The SMILES string of the molecule is O=C(NCCc1ccc(OC(F)F)cc1)C1CC1c1ccc(F)cc1. The second kappa shape index (κ2) is 7.59. The molecule has 1 amide bonds. The van der Waals surface area contributed by atoms with Crippen molar-refractivity contribution in [2.75, 3.05) is 6.54 Å². The smallest absolute Gasteiger partial charge is 0.387 e. The fraction of sp³-hybridized carbons (Fsp3) is 0.316. The van der Waals surface area contributed by atoms with E-state index in [2.05, 4.69) is 10.1 Å².